The maximum Gasteiger partial charge on any atom is 0.306 e. The second-order valence-corrected chi connectivity index (χ2v) is 20.3. The van der Waals surface area contributed by atoms with Crippen molar-refractivity contribution in [2.24, 2.45) is 0 Å². The third-order valence-corrected chi connectivity index (χ3v) is 12.4. The molecule has 0 aliphatic heterocycles. The summed E-state index contributed by atoms with van der Waals surface area (Å²) < 4.78 is 34.1. The number of unbranched alkanes of at least 4 members (excludes halogenated alkanes) is 30. The van der Waals surface area contributed by atoms with Crippen LogP contribution in [0.4, 0.5) is 0 Å². The van der Waals surface area contributed by atoms with Crippen molar-refractivity contribution >= 4 is 19.8 Å². The first kappa shape index (κ1) is 60.5. The SMILES string of the molecule is CCCCC/C=C\C/C=C\CCCCCCCCCC(=O)OC(COC(=O)CCCCCCCCCCCCCCCCCCCCCCC)COP(=O)([O-])OCC[N+](C)(C)C. The standard InChI is InChI=1S/C52H100NO8P/c1-6-8-10-12-14-16-18-20-22-24-25-26-27-29-30-32-34-36-38-40-42-44-51(54)58-48-50(49-60-62(56,57)59-47-46-53(3,4)5)61-52(55)45-43-41-39-37-35-33-31-28-23-21-19-17-15-13-11-9-7-2/h15,17,21,23,50H,6-14,16,18-20,22,24-49H2,1-5H3/b17-15-,23-21-. The first-order chi connectivity index (χ1) is 30.0. The first-order valence-electron chi connectivity index (χ1n) is 26.0. The molecule has 0 saturated heterocycles. The second kappa shape index (κ2) is 44.7. The van der Waals surface area contributed by atoms with Gasteiger partial charge in [0, 0.05) is 12.8 Å². The fourth-order valence-electron chi connectivity index (χ4n) is 7.39. The van der Waals surface area contributed by atoms with E-state index in [2.05, 4.69) is 38.2 Å². The molecular formula is C52H100NO8P. The maximum atomic E-state index is 12.7. The molecule has 62 heavy (non-hydrogen) atoms. The molecule has 0 rings (SSSR count). The van der Waals surface area contributed by atoms with Gasteiger partial charge in [-0.2, -0.15) is 0 Å². The Labute approximate surface area is 383 Å². The molecule has 10 heteroatoms. The predicted molar refractivity (Wildman–Crippen MR) is 259 cm³/mol. The number of nitrogens with zero attached hydrogens (tertiary/aromatic N) is 1. The molecule has 366 valence electrons. The lowest BCUT2D eigenvalue weighted by atomic mass is 10.0. The lowest BCUT2D eigenvalue weighted by molar-refractivity contribution is -0.870. The van der Waals surface area contributed by atoms with E-state index in [1.807, 2.05) is 21.1 Å². The van der Waals surface area contributed by atoms with Crippen molar-refractivity contribution in [1.82, 2.24) is 0 Å². The number of likely N-dealkylation sites (N-methyl/N-ethyl adjacent to an activating group) is 1. The largest absolute Gasteiger partial charge is 0.756 e. The Bertz CT molecular complexity index is 1110. The van der Waals surface area contributed by atoms with E-state index in [1.54, 1.807) is 0 Å². The van der Waals surface area contributed by atoms with Crippen LogP contribution in [0.15, 0.2) is 24.3 Å². The van der Waals surface area contributed by atoms with Crippen molar-refractivity contribution in [2.45, 2.75) is 251 Å². The van der Waals surface area contributed by atoms with Crippen molar-refractivity contribution in [3.05, 3.63) is 24.3 Å². The summed E-state index contributed by atoms with van der Waals surface area (Å²) in [4.78, 5) is 37.7. The van der Waals surface area contributed by atoms with Crippen LogP contribution >= 0.6 is 7.82 Å². The van der Waals surface area contributed by atoms with Gasteiger partial charge in [0.1, 0.15) is 19.8 Å². The van der Waals surface area contributed by atoms with E-state index in [-0.39, 0.29) is 32.0 Å². The number of rotatable bonds is 48. The van der Waals surface area contributed by atoms with Gasteiger partial charge in [-0.3, -0.25) is 14.2 Å². The van der Waals surface area contributed by atoms with E-state index < -0.39 is 26.5 Å². The van der Waals surface area contributed by atoms with Crippen molar-refractivity contribution in [1.29, 1.82) is 0 Å². The van der Waals surface area contributed by atoms with Gasteiger partial charge in [0.25, 0.3) is 7.82 Å². The van der Waals surface area contributed by atoms with Crippen LogP contribution in [0, 0.1) is 0 Å². The van der Waals surface area contributed by atoms with E-state index >= 15 is 0 Å². The van der Waals surface area contributed by atoms with Crippen LogP contribution in [0.5, 0.6) is 0 Å². The Morgan fingerprint density at radius 3 is 1.31 bits per heavy atom. The summed E-state index contributed by atoms with van der Waals surface area (Å²) in [5, 5.41) is 0. The number of allylic oxidation sites excluding steroid dienone is 4. The van der Waals surface area contributed by atoms with E-state index in [4.69, 9.17) is 18.5 Å². The van der Waals surface area contributed by atoms with E-state index in [1.165, 1.54) is 161 Å². The summed E-state index contributed by atoms with van der Waals surface area (Å²) in [6.07, 6.45) is 50.6. The zero-order valence-electron chi connectivity index (χ0n) is 41.3. The summed E-state index contributed by atoms with van der Waals surface area (Å²) in [7, 11) is 1.17. The van der Waals surface area contributed by atoms with E-state index in [0.29, 0.717) is 17.4 Å². The Balaban J connectivity index is 4.21. The number of carbonyl (C=O) groups excluding carboxylic acids is 2. The molecule has 2 unspecified atom stereocenters. The van der Waals surface area contributed by atoms with Crippen LogP contribution in [0.2, 0.25) is 0 Å². The first-order valence-corrected chi connectivity index (χ1v) is 27.5. The summed E-state index contributed by atoms with van der Waals surface area (Å²) in [6, 6.07) is 0. The lowest BCUT2D eigenvalue weighted by Crippen LogP contribution is -2.37. The number of esters is 2. The van der Waals surface area contributed by atoms with Crippen LogP contribution in [0.3, 0.4) is 0 Å². The predicted octanol–water partition coefficient (Wildman–Crippen LogP) is 14.8. The minimum absolute atomic E-state index is 0.0304. The number of quaternary nitrogens is 1. The maximum absolute atomic E-state index is 12.7. The molecule has 0 aliphatic carbocycles. The van der Waals surface area contributed by atoms with Crippen LogP contribution in [-0.2, 0) is 32.7 Å². The molecule has 0 N–H and O–H groups in total. The summed E-state index contributed by atoms with van der Waals surface area (Å²) in [5.74, 6) is -0.831. The molecule has 0 spiro atoms. The molecule has 0 aromatic rings. The third kappa shape index (κ3) is 48.0. The molecule has 0 amide bonds. The van der Waals surface area contributed by atoms with Gasteiger partial charge in [0.15, 0.2) is 6.10 Å². The van der Waals surface area contributed by atoms with Gasteiger partial charge in [-0.05, 0) is 44.9 Å². The molecule has 0 bridgehead atoms. The van der Waals surface area contributed by atoms with Gasteiger partial charge in [-0.1, -0.05) is 212 Å². The number of phosphoric acid groups is 1. The average molecular weight is 898 g/mol. The van der Waals surface area contributed by atoms with Gasteiger partial charge in [-0.25, -0.2) is 0 Å². The van der Waals surface area contributed by atoms with Crippen molar-refractivity contribution < 1.29 is 42.1 Å². The molecule has 2 atom stereocenters. The number of ether oxygens (including phenoxy) is 2. The third-order valence-electron chi connectivity index (χ3n) is 11.5. The van der Waals surface area contributed by atoms with Gasteiger partial charge >= 0.3 is 11.9 Å². The van der Waals surface area contributed by atoms with Crippen LogP contribution in [0.25, 0.3) is 0 Å². The van der Waals surface area contributed by atoms with Crippen LogP contribution in [0.1, 0.15) is 245 Å². The van der Waals surface area contributed by atoms with Gasteiger partial charge in [0.2, 0.25) is 0 Å². The minimum atomic E-state index is -4.63. The minimum Gasteiger partial charge on any atom is -0.756 e. The zero-order valence-corrected chi connectivity index (χ0v) is 42.2. The molecule has 0 aromatic heterocycles. The van der Waals surface area contributed by atoms with Crippen molar-refractivity contribution in [2.75, 3.05) is 47.5 Å². The molecular weight excluding hydrogens is 798 g/mol. The summed E-state index contributed by atoms with van der Waals surface area (Å²) in [5.41, 5.74) is 0. The number of carbonyl (C=O) groups is 2. The highest BCUT2D eigenvalue weighted by Crippen LogP contribution is 2.38. The Kier molecular flexibility index (Phi) is 43.6. The number of hydrogen-bond acceptors (Lipinski definition) is 8. The highest BCUT2D eigenvalue weighted by Gasteiger charge is 2.21. The molecule has 0 aromatic carbocycles. The van der Waals surface area contributed by atoms with Crippen molar-refractivity contribution in [3.8, 4) is 0 Å². The Morgan fingerprint density at radius 2 is 0.871 bits per heavy atom. The second-order valence-electron chi connectivity index (χ2n) is 18.9. The highest BCUT2D eigenvalue weighted by molar-refractivity contribution is 7.45. The van der Waals surface area contributed by atoms with Gasteiger partial charge < -0.3 is 27.9 Å². The van der Waals surface area contributed by atoms with Gasteiger partial charge in [-0.15, -0.1) is 0 Å². The molecule has 0 radical (unpaired) electrons. The summed E-state index contributed by atoms with van der Waals surface area (Å²) >= 11 is 0. The summed E-state index contributed by atoms with van der Waals surface area (Å²) in [6.45, 7) is 4.24. The smallest absolute Gasteiger partial charge is 0.306 e. The number of phosphoric ester groups is 1. The average Bonchev–Trinajstić information content (AvgIpc) is 3.23. The van der Waals surface area contributed by atoms with Crippen molar-refractivity contribution in [3.63, 3.8) is 0 Å². The fourth-order valence-corrected chi connectivity index (χ4v) is 8.12. The van der Waals surface area contributed by atoms with E-state index in [0.717, 1.165) is 51.4 Å². The topological polar surface area (TPSA) is 111 Å². The molecule has 0 aliphatic rings. The van der Waals surface area contributed by atoms with Crippen LogP contribution in [-0.4, -0.2) is 70.0 Å². The number of hydrogen-bond donors (Lipinski definition) is 0. The molecule has 0 saturated carbocycles. The quantitative estimate of drug-likeness (QED) is 0.0195. The highest BCUT2D eigenvalue weighted by atomic mass is 31.2. The van der Waals surface area contributed by atoms with E-state index in [9.17, 15) is 19.0 Å². The molecule has 0 heterocycles. The monoisotopic (exact) mass is 898 g/mol. The Hall–Kier alpha value is -1.51. The molecule has 9 nitrogen and oxygen atoms in total. The normalized spacial score (nSPS) is 13.6. The van der Waals surface area contributed by atoms with Crippen LogP contribution < -0.4 is 4.89 Å². The lowest BCUT2D eigenvalue weighted by Gasteiger charge is -2.28. The zero-order chi connectivity index (χ0) is 45.7. The fraction of sp³-hybridized carbons (Fsp3) is 0.885. The Morgan fingerprint density at radius 1 is 0.500 bits per heavy atom. The van der Waals surface area contributed by atoms with Gasteiger partial charge in [0.05, 0.1) is 27.7 Å². The molecule has 0 fully saturated rings.